The normalized spacial score (nSPS) is 15.7. The number of aliphatic hydroxyl groups is 1. The molecule has 1 saturated heterocycles. The van der Waals surface area contributed by atoms with Crippen LogP contribution >= 0.6 is 11.6 Å². The third-order valence-corrected chi connectivity index (χ3v) is 6.19. The van der Waals surface area contributed by atoms with Crippen molar-refractivity contribution < 1.29 is 24.3 Å². The second-order valence-corrected chi connectivity index (χ2v) is 8.06. The first-order valence-electron chi connectivity index (χ1n) is 10.1. The molecule has 0 bridgehead atoms. The van der Waals surface area contributed by atoms with Gasteiger partial charge in [0.25, 0.3) is 5.88 Å². The molecule has 0 spiro atoms. The molecule has 0 aliphatic carbocycles. The first-order chi connectivity index (χ1) is 15.5. The number of hydrogen-bond donors (Lipinski definition) is 3. The number of ketones is 1. The van der Waals surface area contributed by atoms with Crippen LogP contribution in [0.4, 0.5) is 5.69 Å². The lowest BCUT2D eigenvalue weighted by Crippen LogP contribution is -2.49. The van der Waals surface area contributed by atoms with E-state index in [1.54, 1.807) is 12.1 Å². The van der Waals surface area contributed by atoms with Gasteiger partial charge in [0.15, 0.2) is 0 Å². The van der Waals surface area contributed by atoms with Gasteiger partial charge in [-0.3, -0.25) is 4.79 Å². The monoisotopic (exact) mass is 453 g/mol. The molecular formula is C23H20ClN3O5. The Kier molecular flexibility index (Phi) is 5.03. The minimum atomic E-state index is -0.527. The maximum Gasteiger partial charge on any atom is 0.254 e. The van der Waals surface area contributed by atoms with E-state index in [9.17, 15) is 15.0 Å². The first kappa shape index (κ1) is 20.4. The summed E-state index contributed by atoms with van der Waals surface area (Å²) in [6.45, 7) is 1.05. The topological polar surface area (TPSA) is 112 Å². The summed E-state index contributed by atoms with van der Waals surface area (Å²) in [5.41, 5.74) is 3.21. The minimum Gasteiger partial charge on any atom is -0.494 e. The molecule has 32 heavy (non-hydrogen) atoms. The molecule has 0 radical (unpaired) electrons. The third kappa shape index (κ3) is 3.28. The van der Waals surface area contributed by atoms with Crippen LogP contribution in [0, 0.1) is 0 Å². The van der Waals surface area contributed by atoms with Crippen LogP contribution < -0.4 is 9.64 Å². The molecule has 9 heteroatoms. The Labute approximate surface area is 188 Å². The number of halogens is 1. The predicted molar refractivity (Wildman–Crippen MR) is 120 cm³/mol. The van der Waals surface area contributed by atoms with Gasteiger partial charge in [-0.1, -0.05) is 23.7 Å². The Hall–Kier alpha value is -3.49. The zero-order valence-electron chi connectivity index (χ0n) is 17.1. The second kappa shape index (κ2) is 7.89. The number of carbonyl (C=O) groups excluding carboxylic acids is 1. The summed E-state index contributed by atoms with van der Waals surface area (Å²) < 4.78 is 10.0. The van der Waals surface area contributed by atoms with Gasteiger partial charge in [-0.2, -0.15) is 0 Å². The van der Waals surface area contributed by atoms with Crippen molar-refractivity contribution >= 4 is 34.0 Å². The molecule has 3 N–H and O–H groups in total. The Balaban J connectivity index is 1.54. The number of hydrogen-bond acceptors (Lipinski definition) is 7. The molecule has 2 aromatic heterocycles. The Morgan fingerprint density at radius 1 is 1.31 bits per heavy atom. The number of aliphatic hydroxyl groups excluding tert-OH is 1. The molecule has 3 heterocycles. The number of aromatic hydroxyl groups is 1. The van der Waals surface area contributed by atoms with Gasteiger partial charge in [-0.05, 0) is 41.4 Å². The van der Waals surface area contributed by atoms with Crippen LogP contribution in [0.25, 0.3) is 22.0 Å². The number of carbonyl (C=O) groups is 1. The molecule has 1 aliphatic rings. The fourth-order valence-electron chi connectivity index (χ4n) is 4.04. The number of fused-ring (bicyclic) bond motifs is 1. The molecule has 0 amide bonds. The maximum absolute atomic E-state index is 13.0. The summed E-state index contributed by atoms with van der Waals surface area (Å²) in [5.74, 6) is -0.688. The van der Waals surface area contributed by atoms with Crippen LogP contribution in [0.15, 0.2) is 47.0 Å². The maximum atomic E-state index is 13.0. The van der Waals surface area contributed by atoms with Crippen molar-refractivity contribution in [1.82, 2.24) is 10.1 Å². The van der Waals surface area contributed by atoms with Crippen molar-refractivity contribution in [3.63, 3.8) is 0 Å². The standard InChI is InChI=1S/C23H20ClN3O5/c1-31-20-10-19(32-26-20)22(29)21-16-8-15(17(24)9-18(16)25-23(21)30)12-2-4-13(5-3-12)27-7-6-14(27)11-28/h2-5,8-10,14,25,28,30H,6-7,11H2,1H3. The number of aromatic nitrogens is 2. The van der Waals surface area contributed by atoms with Gasteiger partial charge in [0.2, 0.25) is 17.4 Å². The van der Waals surface area contributed by atoms with Gasteiger partial charge in [-0.15, -0.1) is 0 Å². The summed E-state index contributed by atoms with van der Waals surface area (Å²) >= 11 is 6.53. The number of H-pyrrole nitrogens is 1. The third-order valence-electron chi connectivity index (χ3n) is 5.88. The van der Waals surface area contributed by atoms with E-state index in [-0.39, 0.29) is 35.7 Å². The van der Waals surface area contributed by atoms with E-state index in [2.05, 4.69) is 15.0 Å². The molecule has 1 atom stereocenters. The molecule has 164 valence electrons. The highest BCUT2D eigenvalue weighted by Crippen LogP contribution is 2.38. The number of rotatable bonds is 6. The Morgan fingerprint density at radius 2 is 2.09 bits per heavy atom. The van der Waals surface area contributed by atoms with Crippen molar-refractivity contribution in [3.8, 4) is 22.9 Å². The van der Waals surface area contributed by atoms with E-state index in [1.165, 1.54) is 13.2 Å². The second-order valence-electron chi connectivity index (χ2n) is 7.65. The average Bonchev–Trinajstić information content (AvgIpc) is 3.36. The van der Waals surface area contributed by atoms with Gasteiger partial charge in [-0.25, -0.2) is 0 Å². The molecule has 1 fully saturated rings. The lowest BCUT2D eigenvalue weighted by molar-refractivity contribution is 0.0999. The summed E-state index contributed by atoms with van der Waals surface area (Å²) in [4.78, 5) is 17.9. The largest absolute Gasteiger partial charge is 0.494 e. The summed E-state index contributed by atoms with van der Waals surface area (Å²) in [6.07, 6.45) is 0.978. The van der Waals surface area contributed by atoms with Crippen molar-refractivity contribution in [3.05, 3.63) is 58.8 Å². The van der Waals surface area contributed by atoms with Crippen LogP contribution in [0.2, 0.25) is 5.02 Å². The van der Waals surface area contributed by atoms with E-state index in [0.717, 1.165) is 29.8 Å². The van der Waals surface area contributed by atoms with Gasteiger partial charge < -0.3 is 29.4 Å². The Morgan fingerprint density at radius 3 is 2.72 bits per heavy atom. The van der Waals surface area contributed by atoms with Crippen molar-refractivity contribution in [2.45, 2.75) is 12.5 Å². The fourth-order valence-corrected chi connectivity index (χ4v) is 4.31. The SMILES string of the molecule is COc1cc(C(=O)c2c(O)[nH]c3cc(Cl)c(-c4ccc(N5CCC5CO)cc4)cc23)on1. The van der Waals surface area contributed by atoms with Gasteiger partial charge in [0.1, 0.15) is 0 Å². The van der Waals surface area contributed by atoms with Crippen LogP contribution in [0.5, 0.6) is 11.8 Å². The highest BCUT2D eigenvalue weighted by Gasteiger charge is 2.27. The zero-order valence-corrected chi connectivity index (χ0v) is 17.9. The lowest BCUT2D eigenvalue weighted by Gasteiger charge is -2.42. The molecule has 8 nitrogen and oxygen atoms in total. The minimum absolute atomic E-state index is 0.0492. The van der Waals surface area contributed by atoms with E-state index in [4.69, 9.17) is 20.9 Å². The number of nitrogens with zero attached hydrogens (tertiary/aromatic N) is 2. The molecular weight excluding hydrogens is 434 g/mol. The van der Waals surface area contributed by atoms with E-state index in [0.29, 0.717) is 15.9 Å². The number of nitrogens with one attached hydrogen (secondary N) is 1. The zero-order chi connectivity index (χ0) is 22.4. The molecule has 1 aliphatic heterocycles. The summed E-state index contributed by atoms with van der Waals surface area (Å²) in [6, 6.07) is 12.8. The van der Waals surface area contributed by atoms with Gasteiger partial charge >= 0.3 is 0 Å². The molecule has 4 aromatic rings. The van der Waals surface area contributed by atoms with E-state index >= 15 is 0 Å². The van der Waals surface area contributed by atoms with Gasteiger partial charge in [0, 0.05) is 23.2 Å². The van der Waals surface area contributed by atoms with Crippen LogP contribution in [0.3, 0.4) is 0 Å². The molecule has 0 saturated carbocycles. The van der Waals surface area contributed by atoms with E-state index in [1.807, 2.05) is 24.3 Å². The number of aromatic amines is 1. The molecule has 1 unspecified atom stereocenters. The predicted octanol–water partition coefficient (Wildman–Crippen LogP) is 3.99. The summed E-state index contributed by atoms with van der Waals surface area (Å²) in [5, 5.41) is 24.5. The number of anilines is 1. The smallest absolute Gasteiger partial charge is 0.254 e. The van der Waals surface area contributed by atoms with Crippen molar-refractivity contribution in [1.29, 1.82) is 0 Å². The fraction of sp³-hybridized carbons (Fsp3) is 0.217. The summed E-state index contributed by atoms with van der Waals surface area (Å²) in [7, 11) is 1.42. The molecule has 5 rings (SSSR count). The first-order valence-corrected chi connectivity index (χ1v) is 10.5. The number of methoxy groups -OCH3 is 1. The highest BCUT2D eigenvalue weighted by atomic mass is 35.5. The van der Waals surface area contributed by atoms with Crippen LogP contribution in [0.1, 0.15) is 22.5 Å². The van der Waals surface area contributed by atoms with Crippen molar-refractivity contribution in [2.24, 2.45) is 0 Å². The quantitative estimate of drug-likeness (QED) is 0.378. The molecule has 2 aromatic carbocycles. The Bertz CT molecular complexity index is 1310. The van der Waals surface area contributed by atoms with Crippen molar-refractivity contribution in [2.75, 3.05) is 25.2 Å². The highest BCUT2D eigenvalue weighted by molar-refractivity contribution is 6.34. The number of benzene rings is 2. The van der Waals surface area contributed by atoms with Crippen LogP contribution in [-0.4, -0.2) is 52.4 Å². The lowest BCUT2D eigenvalue weighted by atomic mass is 9.98. The van der Waals surface area contributed by atoms with E-state index < -0.39 is 5.78 Å². The van der Waals surface area contributed by atoms with Crippen LogP contribution in [-0.2, 0) is 0 Å². The number of ether oxygens (including phenoxy) is 1. The average molecular weight is 454 g/mol. The van der Waals surface area contributed by atoms with Gasteiger partial charge in [0.05, 0.1) is 41.9 Å².